The van der Waals surface area contributed by atoms with Crippen LogP contribution >= 0.6 is 11.6 Å². The Labute approximate surface area is 89.3 Å². The van der Waals surface area contributed by atoms with Gasteiger partial charge in [0, 0.05) is 12.6 Å². The van der Waals surface area contributed by atoms with Crippen LogP contribution in [0.3, 0.4) is 0 Å². The summed E-state index contributed by atoms with van der Waals surface area (Å²) in [5.41, 5.74) is 6.99. The van der Waals surface area contributed by atoms with Gasteiger partial charge in [-0.05, 0) is 32.1 Å². The normalized spacial score (nSPS) is 23.2. The number of hydrogen-bond acceptors (Lipinski definition) is 2. The lowest BCUT2D eigenvalue weighted by atomic mass is 9.92. The first-order valence-electron chi connectivity index (χ1n) is 5.12. The minimum atomic E-state index is 0.292. The highest BCUT2D eigenvalue weighted by atomic mass is 35.5. The van der Waals surface area contributed by atoms with E-state index in [1.807, 2.05) is 6.33 Å². The zero-order valence-corrected chi connectivity index (χ0v) is 9.17. The van der Waals surface area contributed by atoms with Gasteiger partial charge in [-0.15, -0.1) is 0 Å². The summed E-state index contributed by atoms with van der Waals surface area (Å²) in [6.07, 6.45) is 5.16. The molecule has 0 aliphatic carbocycles. The predicted octanol–water partition coefficient (Wildman–Crippen LogP) is 1.84. The second-order valence-corrected chi connectivity index (χ2v) is 4.61. The molecule has 0 amide bonds. The molecule has 1 aliphatic heterocycles. The van der Waals surface area contributed by atoms with Gasteiger partial charge in [0.2, 0.25) is 0 Å². The first kappa shape index (κ1) is 9.99. The smallest absolute Gasteiger partial charge is 0.150 e. The Morgan fingerprint density at radius 1 is 1.79 bits per heavy atom. The lowest BCUT2D eigenvalue weighted by Crippen LogP contribution is -2.26. The van der Waals surface area contributed by atoms with Crippen molar-refractivity contribution in [2.24, 2.45) is 11.7 Å². The van der Waals surface area contributed by atoms with Crippen LogP contribution < -0.4 is 5.73 Å². The zero-order valence-electron chi connectivity index (χ0n) is 8.41. The first-order chi connectivity index (χ1) is 6.66. The SMILES string of the molecule is CC(N)CC1CCc2c(Cl)ncn2C1. The van der Waals surface area contributed by atoms with Crippen LogP contribution in [0.15, 0.2) is 6.33 Å². The second kappa shape index (κ2) is 3.91. The molecule has 0 radical (unpaired) electrons. The maximum atomic E-state index is 5.95. The quantitative estimate of drug-likeness (QED) is 0.815. The third kappa shape index (κ3) is 1.93. The summed E-state index contributed by atoms with van der Waals surface area (Å²) in [6.45, 7) is 3.09. The molecule has 78 valence electrons. The Morgan fingerprint density at radius 2 is 2.57 bits per heavy atom. The highest BCUT2D eigenvalue weighted by Crippen LogP contribution is 2.26. The first-order valence-corrected chi connectivity index (χ1v) is 5.49. The molecule has 2 rings (SSSR count). The summed E-state index contributed by atoms with van der Waals surface area (Å²) >= 11 is 5.95. The van der Waals surface area contributed by atoms with E-state index in [1.165, 1.54) is 12.1 Å². The van der Waals surface area contributed by atoms with Crippen molar-refractivity contribution in [3.63, 3.8) is 0 Å². The standard InChI is InChI=1S/C10H16ClN3/c1-7(12)4-8-2-3-9-10(11)13-6-14(9)5-8/h6-8H,2-5,12H2,1H3. The van der Waals surface area contributed by atoms with Crippen LogP contribution in [0.5, 0.6) is 0 Å². The van der Waals surface area contributed by atoms with Crippen molar-refractivity contribution in [2.45, 2.75) is 38.8 Å². The molecule has 2 atom stereocenters. The van der Waals surface area contributed by atoms with Gasteiger partial charge in [0.25, 0.3) is 0 Å². The summed E-state index contributed by atoms with van der Waals surface area (Å²) in [5, 5.41) is 0.671. The van der Waals surface area contributed by atoms with E-state index < -0.39 is 0 Å². The minimum Gasteiger partial charge on any atom is -0.333 e. The number of nitrogens with two attached hydrogens (primary N) is 1. The molecular formula is C10H16ClN3. The van der Waals surface area contributed by atoms with Gasteiger partial charge >= 0.3 is 0 Å². The molecule has 14 heavy (non-hydrogen) atoms. The van der Waals surface area contributed by atoms with E-state index in [0.717, 1.165) is 19.4 Å². The maximum Gasteiger partial charge on any atom is 0.150 e. The van der Waals surface area contributed by atoms with Crippen LogP contribution in [-0.2, 0) is 13.0 Å². The van der Waals surface area contributed by atoms with Gasteiger partial charge < -0.3 is 10.3 Å². The molecule has 0 aromatic carbocycles. The van der Waals surface area contributed by atoms with E-state index in [2.05, 4.69) is 16.5 Å². The summed E-state index contributed by atoms with van der Waals surface area (Å²) in [4.78, 5) is 4.11. The molecule has 0 bridgehead atoms. The van der Waals surface area contributed by atoms with Crippen LogP contribution in [0.1, 0.15) is 25.5 Å². The van der Waals surface area contributed by atoms with Crippen LogP contribution in [-0.4, -0.2) is 15.6 Å². The van der Waals surface area contributed by atoms with Gasteiger partial charge in [-0.1, -0.05) is 11.6 Å². The van der Waals surface area contributed by atoms with E-state index in [0.29, 0.717) is 17.1 Å². The van der Waals surface area contributed by atoms with Gasteiger partial charge in [-0.25, -0.2) is 4.98 Å². The third-order valence-electron chi connectivity index (χ3n) is 2.84. The van der Waals surface area contributed by atoms with Gasteiger partial charge in [-0.3, -0.25) is 0 Å². The van der Waals surface area contributed by atoms with Crippen molar-refractivity contribution >= 4 is 11.6 Å². The van der Waals surface area contributed by atoms with Crippen molar-refractivity contribution in [1.29, 1.82) is 0 Å². The number of aromatic nitrogens is 2. The molecule has 2 heterocycles. The molecule has 1 aliphatic rings. The molecule has 1 aromatic heterocycles. The molecule has 0 saturated carbocycles. The van der Waals surface area contributed by atoms with Crippen molar-refractivity contribution < 1.29 is 0 Å². The summed E-state index contributed by atoms with van der Waals surface area (Å²) in [7, 11) is 0. The minimum absolute atomic E-state index is 0.292. The monoisotopic (exact) mass is 213 g/mol. The Kier molecular flexibility index (Phi) is 2.79. The molecule has 0 fully saturated rings. The topological polar surface area (TPSA) is 43.8 Å². The van der Waals surface area contributed by atoms with E-state index in [1.54, 1.807) is 0 Å². The number of halogens is 1. The average molecular weight is 214 g/mol. The number of rotatable bonds is 2. The Bertz CT molecular complexity index is 319. The van der Waals surface area contributed by atoms with E-state index in [4.69, 9.17) is 17.3 Å². The van der Waals surface area contributed by atoms with Gasteiger partial charge in [0.1, 0.15) is 5.15 Å². The number of nitrogens with zero attached hydrogens (tertiary/aromatic N) is 2. The molecular weight excluding hydrogens is 198 g/mol. The van der Waals surface area contributed by atoms with E-state index in [9.17, 15) is 0 Å². The Morgan fingerprint density at radius 3 is 3.29 bits per heavy atom. The summed E-state index contributed by atoms with van der Waals surface area (Å²) in [5.74, 6) is 0.688. The molecule has 2 N–H and O–H groups in total. The van der Waals surface area contributed by atoms with Crippen molar-refractivity contribution in [1.82, 2.24) is 9.55 Å². The lowest BCUT2D eigenvalue weighted by molar-refractivity contribution is 0.331. The van der Waals surface area contributed by atoms with Crippen LogP contribution in [0.2, 0.25) is 5.15 Å². The third-order valence-corrected chi connectivity index (χ3v) is 3.16. The summed E-state index contributed by atoms with van der Waals surface area (Å²) in [6, 6.07) is 0.292. The number of hydrogen-bond donors (Lipinski definition) is 1. The van der Waals surface area contributed by atoms with E-state index in [-0.39, 0.29) is 0 Å². The second-order valence-electron chi connectivity index (χ2n) is 4.25. The number of fused-ring (bicyclic) bond motifs is 1. The van der Waals surface area contributed by atoms with Gasteiger partial charge in [0.05, 0.1) is 12.0 Å². The molecule has 3 nitrogen and oxygen atoms in total. The fraction of sp³-hybridized carbons (Fsp3) is 0.700. The van der Waals surface area contributed by atoms with Crippen LogP contribution in [0.4, 0.5) is 0 Å². The average Bonchev–Trinajstić information content (AvgIpc) is 2.46. The maximum absolute atomic E-state index is 5.95. The molecule has 0 spiro atoms. The van der Waals surface area contributed by atoms with Crippen molar-refractivity contribution in [2.75, 3.05) is 0 Å². The van der Waals surface area contributed by atoms with Gasteiger partial charge in [0.15, 0.2) is 0 Å². The summed E-state index contributed by atoms with van der Waals surface area (Å²) < 4.78 is 2.17. The highest BCUT2D eigenvalue weighted by molar-refractivity contribution is 6.30. The van der Waals surface area contributed by atoms with Crippen LogP contribution in [0.25, 0.3) is 0 Å². The van der Waals surface area contributed by atoms with Crippen molar-refractivity contribution in [3.8, 4) is 0 Å². The zero-order chi connectivity index (χ0) is 10.1. The molecule has 4 heteroatoms. The Hall–Kier alpha value is -0.540. The van der Waals surface area contributed by atoms with Gasteiger partial charge in [-0.2, -0.15) is 0 Å². The highest BCUT2D eigenvalue weighted by Gasteiger charge is 2.21. The molecule has 0 saturated heterocycles. The molecule has 2 unspecified atom stereocenters. The molecule has 1 aromatic rings. The predicted molar refractivity (Wildman–Crippen MR) is 57.3 cm³/mol. The Balaban J connectivity index is 2.06. The largest absolute Gasteiger partial charge is 0.333 e. The number of imidazole rings is 1. The lowest BCUT2D eigenvalue weighted by Gasteiger charge is -2.25. The fourth-order valence-electron chi connectivity index (χ4n) is 2.22. The fourth-order valence-corrected chi connectivity index (χ4v) is 2.46. The van der Waals surface area contributed by atoms with E-state index >= 15 is 0 Å². The van der Waals surface area contributed by atoms with Crippen molar-refractivity contribution in [3.05, 3.63) is 17.2 Å². The van der Waals surface area contributed by atoms with Crippen LogP contribution in [0, 0.1) is 5.92 Å².